The quantitative estimate of drug-likeness (QED) is 0.751. The summed E-state index contributed by atoms with van der Waals surface area (Å²) in [6, 6.07) is 5.43. The monoisotopic (exact) mass is 267 g/mol. The Kier molecular flexibility index (Phi) is 6.15. The highest BCUT2D eigenvalue weighted by molar-refractivity contribution is 5.72. The number of carbonyl (C=O) groups is 1. The molecule has 3 N–H and O–H groups in total. The van der Waals surface area contributed by atoms with Gasteiger partial charge >= 0.3 is 5.97 Å². The van der Waals surface area contributed by atoms with Gasteiger partial charge in [-0.25, -0.2) is 4.79 Å². The van der Waals surface area contributed by atoms with Gasteiger partial charge in [0.05, 0.1) is 6.61 Å². The Bertz CT molecular complexity index is 420. The van der Waals surface area contributed by atoms with Crippen LogP contribution in [0.5, 0.6) is 11.5 Å². The minimum atomic E-state index is -1.00. The third kappa shape index (κ3) is 4.79. The van der Waals surface area contributed by atoms with Crippen molar-refractivity contribution in [3.63, 3.8) is 0 Å². The van der Waals surface area contributed by atoms with Gasteiger partial charge in [-0.3, -0.25) is 0 Å². The normalized spacial score (nSPS) is 11.9. The zero-order valence-electron chi connectivity index (χ0n) is 11.4. The van der Waals surface area contributed by atoms with Crippen LogP contribution in [0.2, 0.25) is 0 Å². The number of carboxylic acid groups (broad SMARTS) is 1. The minimum absolute atomic E-state index is 0.479. The smallest absolute Gasteiger partial charge is 0.344 e. The highest BCUT2D eigenvalue weighted by Gasteiger charge is 2.15. The van der Waals surface area contributed by atoms with Crippen LogP contribution >= 0.6 is 0 Å². The molecule has 1 rings (SSSR count). The Labute approximate surface area is 113 Å². The van der Waals surface area contributed by atoms with Crippen molar-refractivity contribution in [3.05, 3.63) is 23.8 Å². The first-order chi connectivity index (χ1) is 9.08. The van der Waals surface area contributed by atoms with E-state index in [0.717, 1.165) is 12.0 Å². The van der Waals surface area contributed by atoms with E-state index in [4.69, 9.17) is 20.3 Å². The molecule has 0 radical (unpaired) electrons. The average molecular weight is 267 g/mol. The van der Waals surface area contributed by atoms with Gasteiger partial charge in [-0.1, -0.05) is 13.0 Å². The van der Waals surface area contributed by atoms with E-state index in [9.17, 15) is 4.79 Å². The zero-order valence-corrected chi connectivity index (χ0v) is 11.4. The number of hydrogen-bond acceptors (Lipinski definition) is 4. The van der Waals surface area contributed by atoms with Crippen LogP contribution in [0.3, 0.4) is 0 Å². The maximum absolute atomic E-state index is 10.8. The van der Waals surface area contributed by atoms with Crippen molar-refractivity contribution < 1.29 is 19.4 Å². The van der Waals surface area contributed by atoms with E-state index in [1.165, 1.54) is 6.92 Å². The molecule has 19 heavy (non-hydrogen) atoms. The maximum Gasteiger partial charge on any atom is 0.344 e. The van der Waals surface area contributed by atoms with Crippen molar-refractivity contribution in [1.29, 1.82) is 0 Å². The summed E-state index contributed by atoms with van der Waals surface area (Å²) in [7, 11) is 0. The summed E-state index contributed by atoms with van der Waals surface area (Å²) in [5.41, 5.74) is 6.42. The lowest BCUT2D eigenvalue weighted by Gasteiger charge is -2.15. The van der Waals surface area contributed by atoms with E-state index in [2.05, 4.69) is 0 Å². The zero-order chi connectivity index (χ0) is 14.3. The lowest BCUT2D eigenvalue weighted by atomic mass is 10.1. The first kappa shape index (κ1) is 15.3. The summed E-state index contributed by atoms with van der Waals surface area (Å²) in [4.78, 5) is 10.8. The van der Waals surface area contributed by atoms with Gasteiger partial charge in [0, 0.05) is 6.07 Å². The van der Waals surface area contributed by atoms with Gasteiger partial charge < -0.3 is 20.3 Å². The minimum Gasteiger partial charge on any atom is -0.493 e. The Balaban J connectivity index is 2.90. The van der Waals surface area contributed by atoms with Gasteiger partial charge in [-0.15, -0.1) is 0 Å². The second-order valence-corrected chi connectivity index (χ2v) is 4.25. The molecule has 1 atom stereocenters. The average Bonchev–Trinajstić information content (AvgIpc) is 2.39. The van der Waals surface area contributed by atoms with Gasteiger partial charge in [-0.05, 0) is 37.9 Å². The van der Waals surface area contributed by atoms with Crippen molar-refractivity contribution in [2.45, 2.75) is 32.8 Å². The molecule has 0 saturated carbocycles. The van der Waals surface area contributed by atoms with Crippen LogP contribution < -0.4 is 15.2 Å². The van der Waals surface area contributed by atoms with Crippen molar-refractivity contribution in [1.82, 2.24) is 0 Å². The SMILES string of the molecule is CCCOc1ccc(CCN)c(OC(C)C(=O)O)c1. The second-order valence-electron chi connectivity index (χ2n) is 4.25. The number of hydrogen-bond donors (Lipinski definition) is 2. The first-order valence-corrected chi connectivity index (χ1v) is 6.43. The van der Waals surface area contributed by atoms with Gasteiger partial charge in [0.25, 0.3) is 0 Å². The first-order valence-electron chi connectivity index (χ1n) is 6.43. The van der Waals surface area contributed by atoms with Crippen molar-refractivity contribution >= 4 is 5.97 Å². The highest BCUT2D eigenvalue weighted by atomic mass is 16.5. The molecule has 1 unspecified atom stereocenters. The predicted octanol–water partition coefficient (Wildman–Crippen LogP) is 1.83. The molecule has 1 aromatic carbocycles. The van der Waals surface area contributed by atoms with E-state index in [1.807, 2.05) is 19.1 Å². The lowest BCUT2D eigenvalue weighted by Crippen LogP contribution is -2.23. The fourth-order valence-electron chi connectivity index (χ4n) is 1.56. The summed E-state index contributed by atoms with van der Waals surface area (Å²) >= 11 is 0. The molecule has 0 spiro atoms. The summed E-state index contributed by atoms with van der Waals surface area (Å²) in [5.74, 6) is 0.197. The third-order valence-corrected chi connectivity index (χ3v) is 2.58. The molecule has 0 saturated heterocycles. The molecule has 5 heteroatoms. The van der Waals surface area contributed by atoms with Gasteiger partial charge in [-0.2, -0.15) is 0 Å². The third-order valence-electron chi connectivity index (χ3n) is 2.58. The molecular formula is C14H21NO4. The fourth-order valence-corrected chi connectivity index (χ4v) is 1.56. The van der Waals surface area contributed by atoms with Crippen LogP contribution in [0.25, 0.3) is 0 Å². The molecule has 106 valence electrons. The van der Waals surface area contributed by atoms with Crippen LogP contribution in [-0.4, -0.2) is 30.3 Å². The van der Waals surface area contributed by atoms with Crippen molar-refractivity contribution in [2.24, 2.45) is 5.73 Å². The maximum atomic E-state index is 10.8. The molecule has 0 aliphatic heterocycles. The summed E-state index contributed by atoms with van der Waals surface area (Å²) < 4.78 is 11.0. The molecular weight excluding hydrogens is 246 g/mol. The van der Waals surface area contributed by atoms with Crippen LogP contribution in [-0.2, 0) is 11.2 Å². The van der Waals surface area contributed by atoms with E-state index in [-0.39, 0.29) is 0 Å². The Morgan fingerprint density at radius 2 is 2.21 bits per heavy atom. The second kappa shape index (κ2) is 7.63. The van der Waals surface area contributed by atoms with Crippen LogP contribution in [0.15, 0.2) is 18.2 Å². The number of carboxylic acids is 1. The molecule has 0 aliphatic carbocycles. The molecule has 5 nitrogen and oxygen atoms in total. The molecule has 0 bridgehead atoms. The predicted molar refractivity (Wildman–Crippen MR) is 72.7 cm³/mol. The highest BCUT2D eigenvalue weighted by Crippen LogP contribution is 2.26. The van der Waals surface area contributed by atoms with Crippen molar-refractivity contribution in [2.75, 3.05) is 13.2 Å². The molecule has 0 fully saturated rings. The van der Waals surface area contributed by atoms with Crippen LogP contribution in [0.1, 0.15) is 25.8 Å². The van der Waals surface area contributed by atoms with E-state index >= 15 is 0 Å². The Morgan fingerprint density at radius 3 is 2.79 bits per heavy atom. The fraction of sp³-hybridized carbons (Fsp3) is 0.500. The summed E-state index contributed by atoms with van der Waals surface area (Å²) in [6.45, 7) is 4.61. The molecule has 0 aliphatic rings. The van der Waals surface area contributed by atoms with E-state index < -0.39 is 12.1 Å². The van der Waals surface area contributed by atoms with Crippen molar-refractivity contribution in [3.8, 4) is 11.5 Å². The summed E-state index contributed by atoms with van der Waals surface area (Å²) in [5, 5.41) is 8.89. The standard InChI is InChI=1S/C14H21NO4/c1-3-8-18-12-5-4-11(6-7-15)13(9-12)19-10(2)14(16)17/h4-5,9-10H,3,6-8,15H2,1-2H3,(H,16,17). The van der Waals surface area contributed by atoms with Gasteiger partial charge in [0.2, 0.25) is 0 Å². The topological polar surface area (TPSA) is 81.8 Å². The van der Waals surface area contributed by atoms with Crippen LogP contribution in [0.4, 0.5) is 0 Å². The van der Waals surface area contributed by atoms with Crippen LogP contribution in [0, 0.1) is 0 Å². The van der Waals surface area contributed by atoms with Gasteiger partial charge in [0.1, 0.15) is 11.5 Å². The molecule has 1 aromatic rings. The molecule has 0 amide bonds. The number of rotatable bonds is 8. The van der Waals surface area contributed by atoms with Gasteiger partial charge in [0.15, 0.2) is 6.10 Å². The number of aliphatic carboxylic acids is 1. The summed E-state index contributed by atoms with van der Waals surface area (Å²) in [6.07, 6.45) is 0.639. The van der Waals surface area contributed by atoms with E-state index in [1.54, 1.807) is 6.07 Å². The van der Waals surface area contributed by atoms with E-state index in [0.29, 0.717) is 31.1 Å². The molecule has 0 heterocycles. The number of nitrogens with two attached hydrogens (primary N) is 1. The lowest BCUT2D eigenvalue weighted by molar-refractivity contribution is -0.144. The largest absolute Gasteiger partial charge is 0.493 e. The number of benzene rings is 1. The Hall–Kier alpha value is -1.75. The number of ether oxygens (including phenoxy) is 2. The Morgan fingerprint density at radius 1 is 1.47 bits per heavy atom. The molecule has 0 aromatic heterocycles.